The first-order valence-electron chi connectivity index (χ1n) is 8.88. The van der Waals surface area contributed by atoms with Gasteiger partial charge in [-0.2, -0.15) is 0 Å². The van der Waals surface area contributed by atoms with Gasteiger partial charge in [0, 0.05) is 13.2 Å². The molecule has 0 aromatic heterocycles. The minimum absolute atomic E-state index is 0.751. The zero-order valence-electron chi connectivity index (χ0n) is 14.3. The van der Waals surface area contributed by atoms with Crippen LogP contribution in [-0.4, -0.2) is 26.3 Å². The zero-order chi connectivity index (χ0) is 14.8. The monoisotopic (exact) mass is 283 g/mol. The molecule has 2 heteroatoms. The normalized spacial score (nSPS) is 18.3. The summed E-state index contributed by atoms with van der Waals surface area (Å²) >= 11 is 0. The fourth-order valence-corrected chi connectivity index (χ4v) is 3.15. The van der Waals surface area contributed by atoms with E-state index in [1.54, 1.807) is 0 Å². The van der Waals surface area contributed by atoms with Gasteiger partial charge in [-0.1, -0.05) is 53.4 Å². The van der Waals surface area contributed by atoms with Crippen molar-refractivity contribution in [2.75, 3.05) is 26.3 Å². The molecule has 1 aliphatic carbocycles. The Labute approximate surface area is 127 Å². The Hall–Kier alpha value is -0.0800. The Balaban J connectivity index is 2.19. The van der Waals surface area contributed by atoms with Crippen molar-refractivity contribution in [2.45, 2.75) is 66.2 Å². The molecule has 2 nitrogen and oxygen atoms in total. The van der Waals surface area contributed by atoms with E-state index in [1.807, 2.05) is 0 Å². The predicted octanol–water partition coefficient (Wildman–Crippen LogP) is 4.49. The second-order valence-corrected chi connectivity index (χ2v) is 7.44. The Morgan fingerprint density at radius 3 is 2.15 bits per heavy atom. The first-order valence-corrected chi connectivity index (χ1v) is 8.88. The highest BCUT2D eigenvalue weighted by Gasteiger charge is 2.24. The molecule has 0 bridgehead atoms. The van der Waals surface area contributed by atoms with Crippen LogP contribution in [0, 0.1) is 23.7 Å². The average molecular weight is 284 g/mol. The lowest BCUT2D eigenvalue weighted by Crippen LogP contribution is -2.30. The lowest BCUT2D eigenvalue weighted by Gasteiger charge is -2.24. The van der Waals surface area contributed by atoms with Crippen LogP contribution in [0.15, 0.2) is 0 Å². The molecule has 0 heterocycles. The Morgan fingerprint density at radius 2 is 1.55 bits per heavy atom. The van der Waals surface area contributed by atoms with Gasteiger partial charge in [0.05, 0.1) is 0 Å². The number of rotatable bonds is 11. The van der Waals surface area contributed by atoms with Crippen LogP contribution >= 0.6 is 0 Å². The molecule has 0 aromatic carbocycles. The summed E-state index contributed by atoms with van der Waals surface area (Å²) in [6.45, 7) is 13.3. The van der Waals surface area contributed by atoms with Crippen LogP contribution in [-0.2, 0) is 4.74 Å². The first-order chi connectivity index (χ1) is 9.59. The fraction of sp³-hybridized carbons (Fsp3) is 1.00. The smallest absolute Gasteiger partial charge is 0.0469 e. The van der Waals surface area contributed by atoms with Gasteiger partial charge in [0.25, 0.3) is 0 Å². The largest absolute Gasteiger partial charge is 0.381 e. The van der Waals surface area contributed by atoms with Gasteiger partial charge < -0.3 is 10.1 Å². The summed E-state index contributed by atoms with van der Waals surface area (Å²) in [6, 6.07) is 0. The van der Waals surface area contributed by atoms with Crippen molar-refractivity contribution in [2.24, 2.45) is 23.7 Å². The number of hydrogen-bond acceptors (Lipinski definition) is 2. The molecule has 1 aliphatic rings. The van der Waals surface area contributed by atoms with Gasteiger partial charge in [-0.15, -0.1) is 0 Å². The molecule has 1 fully saturated rings. The summed E-state index contributed by atoms with van der Waals surface area (Å²) in [5.74, 6) is 3.29. The number of nitrogens with one attached hydrogen (secondary N) is 1. The second kappa shape index (κ2) is 10.6. The lowest BCUT2D eigenvalue weighted by atomic mass is 9.88. The van der Waals surface area contributed by atoms with Crippen LogP contribution in [0.25, 0.3) is 0 Å². The van der Waals surface area contributed by atoms with Crippen molar-refractivity contribution < 1.29 is 4.74 Å². The van der Waals surface area contributed by atoms with Crippen LogP contribution < -0.4 is 5.32 Å². The van der Waals surface area contributed by atoms with Crippen molar-refractivity contribution >= 4 is 0 Å². The molecule has 1 atom stereocenters. The third-order valence-corrected chi connectivity index (χ3v) is 4.50. The molecule has 1 unspecified atom stereocenters. The van der Waals surface area contributed by atoms with E-state index in [1.165, 1.54) is 45.1 Å². The molecule has 120 valence electrons. The van der Waals surface area contributed by atoms with E-state index >= 15 is 0 Å². The average Bonchev–Trinajstić information content (AvgIpc) is 2.89. The van der Waals surface area contributed by atoms with E-state index in [4.69, 9.17) is 4.74 Å². The highest BCUT2D eigenvalue weighted by molar-refractivity contribution is 4.77. The second-order valence-electron chi connectivity index (χ2n) is 7.44. The molecule has 0 aromatic rings. The van der Waals surface area contributed by atoms with Gasteiger partial charge >= 0.3 is 0 Å². The highest BCUT2D eigenvalue weighted by Crippen LogP contribution is 2.32. The predicted molar refractivity (Wildman–Crippen MR) is 88.0 cm³/mol. The van der Waals surface area contributed by atoms with Crippen LogP contribution in [0.3, 0.4) is 0 Å². The minimum Gasteiger partial charge on any atom is -0.381 e. The molecule has 0 aliphatic heterocycles. The van der Waals surface area contributed by atoms with Gasteiger partial charge in [0.15, 0.2) is 0 Å². The van der Waals surface area contributed by atoms with E-state index in [-0.39, 0.29) is 0 Å². The lowest BCUT2D eigenvalue weighted by molar-refractivity contribution is 0.101. The van der Waals surface area contributed by atoms with Crippen LogP contribution in [0.5, 0.6) is 0 Å². The third kappa shape index (κ3) is 8.26. The summed E-state index contributed by atoms with van der Waals surface area (Å²) in [6.07, 6.45) is 8.21. The molecule has 1 rings (SSSR count). The van der Waals surface area contributed by atoms with E-state index in [2.05, 4.69) is 33.0 Å². The minimum atomic E-state index is 0.751. The molecule has 0 radical (unpaired) electrons. The quantitative estimate of drug-likeness (QED) is 0.564. The SMILES string of the molecule is CC(C)CCOCCC(CNCC(C)C)C1CCCC1. The molecule has 1 saturated carbocycles. The molecule has 0 saturated heterocycles. The summed E-state index contributed by atoms with van der Waals surface area (Å²) in [5.41, 5.74) is 0. The summed E-state index contributed by atoms with van der Waals surface area (Å²) < 4.78 is 5.83. The summed E-state index contributed by atoms with van der Waals surface area (Å²) in [5, 5.41) is 3.67. The van der Waals surface area contributed by atoms with Gasteiger partial charge in [0.1, 0.15) is 0 Å². The van der Waals surface area contributed by atoms with Crippen LogP contribution in [0.2, 0.25) is 0 Å². The van der Waals surface area contributed by atoms with Gasteiger partial charge in [0.2, 0.25) is 0 Å². The highest BCUT2D eigenvalue weighted by atomic mass is 16.5. The van der Waals surface area contributed by atoms with Gasteiger partial charge in [-0.25, -0.2) is 0 Å². The van der Waals surface area contributed by atoms with Crippen molar-refractivity contribution in [1.82, 2.24) is 5.32 Å². The van der Waals surface area contributed by atoms with E-state index < -0.39 is 0 Å². The Bertz CT molecular complexity index is 221. The van der Waals surface area contributed by atoms with E-state index in [0.717, 1.165) is 43.4 Å². The standard InChI is InChI=1S/C18H37NO/c1-15(2)9-11-20-12-10-18(14-19-13-16(3)4)17-7-5-6-8-17/h15-19H,5-14H2,1-4H3. The van der Waals surface area contributed by atoms with Crippen molar-refractivity contribution in [3.63, 3.8) is 0 Å². The maximum Gasteiger partial charge on any atom is 0.0469 e. The van der Waals surface area contributed by atoms with Gasteiger partial charge in [-0.05, 0) is 49.6 Å². The maximum atomic E-state index is 5.83. The zero-order valence-corrected chi connectivity index (χ0v) is 14.3. The van der Waals surface area contributed by atoms with Crippen LogP contribution in [0.4, 0.5) is 0 Å². The Kier molecular flexibility index (Phi) is 9.54. The topological polar surface area (TPSA) is 21.3 Å². The maximum absolute atomic E-state index is 5.83. The first kappa shape index (κ1) is 18.0. The molecule has 0 amide bonds. The summed E-state index contributed by atoms with van der Waals surface area (Å²) in [7, 11) is 0. The Morgan fingerprint density at radius 1 is 0.900 bits per heavy atom. The molecular formula is C18H37NO. The van der Waals surface area contributed by atoms with Gasteiger partial charge in [-0.3, -0.25) is 0 Å². The van der Waals surface area contributed by atoms with Crippen molar-refractivity contribution in [1.29, 1.82) is 0 Å². The number of hydrogen-bond donors (Lipinski definition) is 1. The number of ether oxygens (including phenoxy) is 1. The fourth-order valence-electron chi connectivity index (χ4n) is 3.15. The van der Waals surface area contributed by atoms with Crippen molar-refractivity contribution in [3.05, 3.63) is 0 Å². The molecule has 0 spiro atoms. The van der Waals surface area contributed by atoms with E-state index in [9.17, 15) is 0 Å². The van der Waals surface area contributed by atoms with Crippen molar-refractivity contribution in [3.8, 4) is 0 Å². The third-order valence-electron chi connectivity index (χ3n) is 4.50. The molecular weight excluding hydrogens is 246 g/mol. The van der Waals surface area contributed by atoms with E-state index in [0.29, 0.717) is 0 Å². The molecule has 1 N–H and O–H groups in total. The van der Waals surface area contributed by atoms with Crippen LogP contribution in [0.1, 0.15) is 66.2 Å². The summed E-state index contributed by atoms with van der Waals surface area (Å²) in [4.78, 5) is 0. The molecule has 20 heavy (non-hydrogen) atoms.